The monoisotopic (exact) mass is 299 g/mol. The van der Waals surface area contributed by atoms with Gasteiger partial charge < -0.3 is 10.2 Å². The minimum atomic E-state index is -3.85. The molecule has 2 aromatic rings. The average molecular weight is 299 g/mol. The zero-order valence-corrected chi connectivity index (χ0v) is 11.8. The Morgan fingerprint density at radius 2 is 2.10 bits per heavy atom. The van der Waals surface area contributed by atoms with Crippen molar-refractivity contribution in [1.29, 1.82) is 0 Å². The molecule has 0 atom stereocenters. The van der Waals surface area contributed by atoms with Crippen LogP contribution in [0.4, 0.5) is 10.1 Å². The number of aryl methyl sites for hydroxylation is 2. The lowest BCUT2D eigenvalue weighted by Gasteiger charge is -2.07. The Hall–Kier alpha value is -1.93. The molecule has 20 heavy (non-hydrogen) atoms. The quantitative estimate of drug-likeness (QED) is 0.833. The molecule has 1 heterocycles. The average Bonchev–Trinajstić information content (AvgIpc) is 2.66. The molecule has 0 aliphatic rings. The Labute approximate surface area is 115 Å². The largest absolute Gasteiger partial charge is 0.444 e. The lowest BCUT2D eigenvalue weighted by atomic mass is 10.3. The van der Waals surface area contributed by atoms with E-state index in [9.17, 15) is 12.8 Å². The maximum absolute atomic E-state index is 12.9. The van der Waals surface area contributed by atoms with Gasteiger partial charge in [0.1, 0.15) is 16.5 Å². The van der Waals surface area contributed by atoms with Crippen LogP contribution in [0, 0.1) is 19.7 Å². The zero-order chi connectivity index (χ0) is 14.9. The molecule has 1 aromatic carbocycles. The van der Waals surface area contributed by atoms with Crippen molar-refractivity contribution in [3.8, 4) is 0 Å². The topological polar surface area (TPSA) is 98.2 Å². The lowest BCUT2D eigenvalue weighted by Crippen LogP contribution is -2.24. The van der Waals surface area contributed by atoms with Crippen LogP contribution in [0.5, 0.6) is 0 Å². The van der Waals surface area contributed by atoms with Gasteiger partial charge in [0.25, 0.3) is 0 Å². The Bertz CT molecular complexity index is 721. The maximum atomic E-state index is 12.9. The van der Waals surface area contributed by atoms with Crippen LogP contribution in [0.2, 0.25) is 0 Å². The number of rotatable bonds is 4. The third-order valence-corrected chi connectivity index (χ3v) is 4.22. The molecule has 0 saturated carbocycles. The van der Waals surface area contributed by atoms with Gasteiger partial charge in [-0.2, -0.15) is 0 Å². The van der Waals surface area contributed by atoms with Gasteiger partial charge in [-0.25, -0.2) is 22.5 Å². The van der Waals surface area contributed by atoms with E-state index in [4.69, 9.17) is 10.2 Å². The fourth-order valence-electron chi connectivity index (χ4n) is 1.61. The molecule has 0 aliphatic heterocycles. The van der Waals surface area contributed by atoms with Gasteiger partial charge in [-0.3, -0.25) is 0 Å². The van der Waals surface area contributed by atoms with E-state index in [2.05, 4.69) is 9.71 Å². The van der Waals surface area contributed by atoms with Crippen LogP contribution in [0.25, 0.3) is 0 Å². The summed E-state index contributed by atoms with van der Waals surface area (Å²) in [5, 5.41) is 0. The van der Waals surface area contributed by atoms with Gasteiger partial charge in [-0.05, 0) is 32.0 Å². The van der Waals surface area contributed by atoms with Crippen molar-refractivity contribution >= 4 is 15.7 Å². The molecule has 0 bridgehead atoms. The van der Waals surface area contributed by atoms with Crippen LogP contribution < -0.4 is 10.5 Å². The van der Waals surface area contributed by atoms with Crippen molar-refractivity contribution < 1.29 is 17.2 Å². The molecule has 108 valence electrons. The summed E-state index contributed by atoms with van der Waals surface area (Å²) in [4.78, 5) is 3.88. The Morgan fingerprint density at radius 1 is 1.40 bits per heavy atom. The minimum Gasteiger partial charge on any atom is -0.444 e. The molecule has 0 fully saturated rings. The fraction of sp³-hybridized carbons (Fsp3) is 0.250. The van der Waals surface area contributed by atoms with Gasteiger partial charge in [-0.1, -0.05) is 0 Å². The van der Waals surface area contributed by atoms with E-state index in [1.54, 1.807) is 13.8 Å². The van der Waals surface area contributed by atoms with Crippen molar-refractivity contribution in [2.75, 3.05) is 5.73 Å². The van der Waals surface area contributed by atoms with Crippen LogP contribution in [0.1, 0.15) is 17.3 Å². The van der Waals surface area contributed by atoms with Crippen molar-refractivity contribution in [3.05, 3.63) is 41.4 Å². The molecule has 2 rings (SSSR count). The van der Waals surface area contributed by atoms with E-state index in [0.29, 0.717) is 11.5 Å². The number of aromatic nitrogens is 1. The number of nitrogens with two attached hydrogens (primary N) is 1. The minimum absolute atomic E-state index is 0.103. The molecule has 3 N–H and O–H groups in total. The summed E-state index contributed by atoms with van der Waals surface area (Å²) >= 11 is 0. The summed E-state index contributed by atoms with van der Waals surface area (Å²) < 4.78 is 44.6. The first-order chi connectivity index (χ1) is 9.29. The molecule has 0 unspecified atom stereocenters. The third kappa shape index (κ3) is 2.97. The first-order valence-corrected chi connectivity index (χ1v) is 7.25. The first-order valence-electron chi connectivity index (χ1n) is 5.77. The van der Waals surface area contributed by atoms with Gasteiger partial charge in [0.05, 0.1) is 17.9 Å². The number of nitrogens with zero attached hydrogens (tertiary/aromatic N) is 1. The van der Waals surface area contributed by atoms with E-state index in [0.717, 1.165) is 18.2 Å². The van der Waals surface area contributed by atoms with E-state index >= 15 is 0 Å². The molecule has 6 nitrogen and oxygen atoms in total. The summed E-state index contributed by atoms with van der Waals surface area (Å²) in [6, 6.07) is 3.09. The molecule has 0 aliphatic carbocycles. The summed E-state index contributed by atoms with van der Waals surface area (Å²) in [5.41, 5.74) is 6.05. The number of oxazole rings is 1. The smallest absolute Gasteiger partial charge is 0.243 e. The highest BCUT2D eigenvalue weighted by Gasteiger charge is 2.18. The Balaban J connectivity index is 2.19. The lowest BCUT2D eigenvalue weighted by molar-refractivity contribution is 0.463. The first kappa shape index (κ1) is 14.5. The molecular weight excluding hydrogens is 285 g/mol. The van der Waals surface area contributed by atoms with Crippen molar-refractivity contribution in [2.24, 2.45) is 0 Å². The SMILES string of the molecule is Cc1nc(CNS(=O)(=O)c2ccc(F)cc2N)oc1C. The Morgan fingerprint density at radius 3 is 2.65 bits per heavy atom. The predicted molar refractivity (Wildman–Crippen MR) is 70.8 cm³/mol. The number of nitrogen functional groups attached to an aromatic ring is 1. The van der Waals surface area contributed by atoms with Crippen LogP contribution in [-0.2, 0) is 16.6 Å². The van der Waals surface area contributed by atoms with Crippen molar-refractivity contribution in [1.82, 2.24) is 9.71 Å². The van der Waals surface area contributed by atoms with E-state index in [1.165, 1.54) is 0 Å². The number of anilines is 1. The van der Waals surface area contributed by atoms with Gasteiger partial charge in [-0.15, -0.1) is 0 Å². The molecular formula is C12H14FN3O3S. The number of benzene rings is 1. The number of sulfonamides is 1. The number of hydrogen-bond acceptors (Lipinski definition) is 5. The van der Waals surface area contributed by atoms with Gasteiger partial charge in [0, 0.05) is 0 Å². The molecule has 0 saturated heterocycles. The second-order valence-electron chi connectivity index (χ2n) is 4.26. The van der Waals surface area contributed by atoms with Gasteiger partial charge in [0.15, 0.2) is 0 Å². The van der Waals surface area contributed by atoms with Crippen molar-refractivity contribution in [3.63, 3.8) is 0 Å². The zero-order valence-electron chi connectivity index (χ0n) is 11.0. The van der Waals surface area contributed by atoms with E-state index in [1.807, 2.05) is 0 Å². The summed E-state index contributed by atoms with van der Waals surface area (Å²) in [6.07, 6.45) is 0. The summed E-state index contributed by atoms with van der Waals surface area (Å²) in [7, 11) is -3.85. The third-order valence-electron chi connectivity index (χ3n) is 2.75. The highest BCUT2D eigenvalue weighted by atomic mass is 32.2. The maximum Gasteiger partial charge on any atom is 0.243 e. The van der Waals surface area contributed by atoms with Crippen molar-refractivity contribution in [2.45, 2.75) is 25.3 Å². The van der Waals surface area contributed by atoms with Crippen LogP contribution in [-0.4, -0.2) is 13.4 Å². The van der Waals surface area contributed by atoms with Crippen LogP contribution in [0.3, 0.4) is 0 Å². The predicted octanol–water partition coefficient (Wildman–Crippen LogP) is 1.49. The van der Waals surface area contributed by atoms with Gasteiger partial charge in [0.2, 0.25) is 15.9 Å². The summed E-state index contributed by atoms with van der Waals surface area (Å²) in [5.74, 6) is 0.283. The molecule has 0 spiro atoms. The Kier molecular flexibility index (Phi) is 3.78. The van der Waals surface area contributed by atoms with E-state index < -0.39 is 15.8 Å². The molecule has 8 heteroatoms. The molecule has 0 radical (unpaired) electrons. The number of halogens is 1. The number of hydrogen-bond donors (Lipinski definition) is 2. The van der Waals surface area contributed by atoms with Crippen LogP contribution >= 0.6 is 0 Å². The normalized spacial score (nSPS) is 11.8. The second kappa shape index (κ2) is 5.22. The van der Waals surface area contributed by atoms with Crippen LogP contribution in [0.15, 0.2) is 27.5 Å². The summed E-state index contributed by atoms with van der Waals surface area (Å²) in [6.45, 7) is 3.39. The highest BCUT2D eigenvalue weighted by molar-refractivity contribution is 7.89. The fourth-order valence-corrected chi connectivity index (χ4v) is 2.70. The second-order valence-corrected chi connectivity index (χ2v) is 5.99. The standard InChI is InChI=1S/C12H14FN3O3S/c1-7-8(2)19-12(16-7)6-15-20(17,18)11-4-3-9(13)5-10(11)14/h3-5,15H,6,14H2,1-2H3. The highest BCUT2D eigenvalue weighted by Crippen LogP contribution is 2.19. The van der Waals surface area contributed by atoms with Gasteiger partial charge >= 0.3 is 0 Å². The molecule has 0 amide bonds. The molecule has 1 aromatic heterocycles. The number of nitrogens with one attached hydrogen (secondary N) is 1. The van der Waals surface area contributed by atoms with E-state index in [-0.39, 0.29) is 23.0 Å².